The highest BCUT2D eigenvalue weighted by atomic mass is 16.5. The van der Waals surface area contributed by atoms with Gasteiger partial charge in [-0.05, 0) is 30.2 Å². The average Bonchev–Trinajstić information content (AvgIpc) is 2.83. The lowest BCUT2D eigenvalue weighted by molar-refractivity contribution is -0.121. The van der Waals surface area contributed by atoms with Gasteiger partial charge < -0.3 is 20.1 Å². The highest BCUT2D eigenvalue weighted by Gasteiger charge is 2.16. The molecule has 0 unspecified atom stereocenters. The first kappa shape index (κ1) is 24.8. The van der Waals surface area contributed by atoms with Gasteiger partial charge >= 0.3 is 0 Å². The van der Waals surface area contributed by atoms with Crippen molar-refractivity contribution in [2.45, 2.75) is 33.2 Å². The SMILES string of the molecule is COc1ccc(NC(=O)Cn2c(=O)c(CCC(=O)NCC(C)C)nc3ccccc32)c(OC)c1. The molecule has 0 aliphatic rings. The van der Waals surface area contributed by atoms with E-state index in [1.165, 1.54) is 11.7 Å². The number of methoxy groups -OCH3 is 2. The Morgan fingerprint density at radius 3 is 2.53 bits per heavy atom. The van der Waals surface area contributed by atoms with Gasteiger partial charge in [-0.3, -0.25) is 19.0 Å². The van der Waals surface area contributed by atoms with Gasteiger partial charge in [0.15, 0.2) is 0 Å². The third kappa shape index (κ3) is 6.12. The van der Waals surface area contributed by atoms with Gasteiger partial charge in [-0.2, -0.15) is 0 Å². The van der Waals surface area contributed by atoms with Crippen LogP contribution in [0.4, 0.5) is 5.69 Å². The summed E-state index contributed by atoms with van der Waals surface area (Å²) in [6.07, 6.45) is 0.323. The second kappa shape index (κ2) is 11.3. The summed E-state index contributed by atoms with van der Waals surface area (Å²) in [6.45, 7) is 4.37. The molecule has 3 rings (SSSR count). The molecule has 0 aliphatic heterocycles. The summed E-state index contributed by atoms with van der Waals surface area (Å²) in [6, 6.07) is 12.1. The number of benzene rings is 2. The van der Waals surface area contributed by atoms with E-state index in [-0.39, 0.29) is 31.0 Å². The minimum Gasteiger partial charge on any atom is -0.497 e. The van der Waals surface area contributed by atoms with E-state index in [2.05, 4.69) is 15.6 Å². The van der Waals surface area contributed by atoms with Crippen molar-refractivity contribution in [2.24, 2.45) is 5.92 Å². The Balaban J connectivity index is 1.84. The number of hydrogen-bond donors (Lipinski definition) is 2. The van der Waals surface area contributed by atoms with Crippen LogP contribution in [0.5, 0.6) is 11.5 Å². The number of rotatable bonds is 10. The second-order valence-corrected chi connectivity index (χ2v) is 8.25. The number of para-hydroxylation sites is 2. The van der Waals surface area contributed by atoms with E-state index in [0.717, 1.165) is 0 Å². The number of carbonyl (C=O) groups excluding carboxylic acids is 2. The van der Waals surface area contributed by atoms with Crippen LogP contribution in [0.15, 0.2) is 47.3 Å². The lowest BCUT2D eigenvalue weighted by Crippen LogP contribution is -2.32. The van der Waals surface area contributed by atoms with Crippen molar-refractivity contribution < 1.29 is 19.1 Å². The maximum Gasteiger partial charge on any atom is 0.273 e. The fraction of sp³-hybridized carbons (Fsp3) is 0.360. The minimum atomic E-state index is -0.400. The molecule has 2 N–H and O–H groups in total. The Morgan fingerprint density at radius 1 is 1.06 bits per heavy atom. The van der Waals surface area contributed by atoms with Gasteiger partial charge in [0.05, 0.1) is 30.9 Å². The first-order chi connectivity index (χ1) is 16.3. The van der Waals surface area contributed by atoms with Crippen molar-refractivity contribution in [3.05, 3.63) is 58.5 Å². The van der Waals surface area contributed by atoms with Gasteiger partial charge in [0, 0.05) is 25.5 Å². The van der Waals surface area contributed by atoms with Gasteiger partial charge in [0.25, 0.3) is 5.56 Å². The zero-order valence-electron chi connectivity index (χ0n) is 19.9. The molecule has 2 aromatic carbocycles. The van der Waals surface area contributed by atoms with Crippen LogP contribution >= 0.6 is 0 Å². The van der Waals surface area contributed by atoms with Gasteiger partial charge in [-0.1, -0.05) is 26.0 Å². The van der Waals surface area contributed by atoms with E-state index in [0.29, 0.717) is 40.7 Å². The van der Waals surface area contributed by atoms with Crippen LogP contribution in [-0.2, 0) is 22.6 Å². The topological polar surface area (TPSA) is 112 Å². The van der Waals surface area contributed by atoms with Crippen LogP contribution < -0.4 is 25.7 Å². The molecular weight excluding hydrogens is 436 g/mol. The number of aryl methyl sites for hydroxylation is 1. The fourth-order valence-corrected chi connectivity index (χ4v) is 3.44. The van der Waals surface area contributed by atoms with Crippen LogP contribution in [0.25, 0.3) is 11.0 Å². The number of nitrogens with one attached hydrogen (secondary N) is 2. The van der Waals surface area contributed by atoms with E-state index in [1.54, 1.807) is 43.5 Å². The monoisotopic (exact) mass is 466 g/mol. The van der Waals surface area contributed by atoms with Gasteiger partial charge in [0.1, 0.15) is 23.7 Å². The molecule has 0 spiro atoms. The van der Waals surface area contributed by atoms with E-state index in [4.69, 9.17) is 9.47 Å². The molecule has 0 radical (unpaired) electrons. The Bertz CT molecular complexity index is 1240. The third-order valence-electron chi connectivity index (χ3n) is 5.20. The standard InChI is InChI=1S/C25H30N4O5/c1-16(2)14-26-23(30)12-11-20-25(32)29(21-8-6-5-7-18(21)27-20)15-24(31)28-19-10-9-17(33-3)13-22(19)34-4/h5-10,13,16H,11-12,14-15H2,1-4H3,(H,26,30)(H,28,31). The number of fused-ring (bicyclic) bond motifs is 1. The largest absolute Gasteiger partial charge is 0.497 e. The molecule has 0 atom stereocenters. The first-order valence-electron chi connectivity index (χ1n) is 11.1. The molecule has 0 fully saturated rings. The summed E-state index contributed by atoms with van der Waals surface area (Å²) in [5.74, 6) is 0.824. The molecule has 0 aliphatic carbocycles. The van der Waals surface area contributed by atoms with Gasteiger partial charge in [-0.15, -0.1) is 0 Å². The molecule has 34 heavy (non-hydrogen) atoms. The summed E-state index contributed by atoms with van der Waals surface area (Å²) >= 11 is 0. The number of hydrogen-bond acceptors (Lipinski definition) is 6. The minimum absolute atomic E-state index is 0.140. The predicted molar refractivity (Wildman–Crippen MR) is 130 cm³/mol. The van der Waals surface area contributed by atoms with Crippen LogP contribution in [0, 0.1) is 5.92 Å². The number of ether oxygens (including phenoxy) is 2. The Labute approximate surface area is 198 Å². The van der Waals surface area contributed by atoms with Gasteiger partial charge in [-0.25, -0.2) is 4.98 Å². The zero-order chi connectivity index (χ0) is 24.7. The molecule has 9 heteroatoms. The van der Waals surface area contributed by atoms with Crippen molar-refractivity contribution in [3.63, 3.8) is 0 Å². The maximum atomic E-state index is 13.2. The third-order valence-corrected chi connectivity index (χ3v) is 5.20. The smallest absolute Gasteiger partial charge is 0.273 e. The van der Waals surface area contributed by atoms with Gasteiger partial charge in [0.2, 0.25) is 11.8 Å². The Kier molecular flexibility index (Phi) is 8.24. The zero-order valence-corrected chi connectivity index (χ0v) is 19.9. The van der Waals surface area contributed by atoms with E-state index in [1.807, 2.05) is 19.9 Å². The predicted octanol–water partition coefficient (Wildman–Crippen LogP) is 2.76. The molecule has 1 heterocycles. The lowest BCUT2D eigenvalue weighted by Gasteiger charge is -2.14. The Morgan fingerprint density at radius 2 is 1.82 bits per heavy atom. The molecular formula is C25H30N4O5. The quantitative estimate of drug-likeness (QED) is 0.475. The van der Waals surface area contributed by atoms with Crippen LogP contribution in [0.1, 0.15) is 26.0 Å². The molecule has 9 nitrogen and oxygen atoms in total. The van der Waals surface area contributed by atoms with Crippen LogP contribution in [0.2, 0.25) is 0 Å². The van der Waals surface area contributed by atoms with E-state index < -0.39 is 11.5 Å². The fourth-order valence-electron chi connectivity index (χ4n) is 3.44. The molecule has 1 aromatic heterocycles. The average molecular weight is 467 g/mol. The highest BCUT2D eigenvalue weighted by Crippen LogP contribution is 2.29. The second-order valence-electron chi connectivity index (χ2n) is 8.25. The Hall–Kier alpha value is -3.88. The maximum absolute atomic E-state index is 13.2. The van der Waals surface area contributed by atoms with Crippen molar-refractivity contribution in [1.82, 2.24) is 14.9 Å². The van der Waals surface area contributed by atoms with Crippen molar-refractivity contribution in [3.8, 4) is 11.5 Å². The summed E-state index contributed by atoms with van der Waals surface area (Å²) in [4.78, 5) is 42.7. The number of amides is 2. The van der Waals surface area contributed by atoms with E-state index in [9.17, 15) is 14.4 Å². The highest BCUT2D eigenvalue weighted by molar-refractivity contribution is 5.93. The van der Waals surface area contributed by atoms with Crippen molar-refractivity contribution in [2.75, 3.05) is 26.1 Å². The summed E-state index contributed by atoms with van der Waals surface area (Å²) < 4.78 is 11.9. The number of aromatic nitrogens is 2. The molecule has 0 bridgehead atoms. The van der Waals surface area contributed by atoms with Crippen molar-refractivity contribution >= 4 is 28.5 Å². The molecule has 3 aromatic rings. The van der Waals surface area contributed by atoms with Crippen LogP contribution in [0.3, 0.4) is 0 Å². The van der Waals surface area contributed by atoms with E-state index >= 15 is 0 Å². The lowest BCUT2D eigenvalue weighted by atomic mass is 10.2. The summed E-state index contributed by atoms with van der Waals surface area (Å²) in [7, 11) is 3.04. The number of anilines is 1. The number of carbonyl (C=O) groups is 2. The van der Waals surface area contributed by atoms with Crippen LogP contribution in [-0.4, -0.2) is 42.1 Å². The van der Waals surface area contributed by atoms with Crippen molar-refractivity contribution in [1.29, 1.82) is 0 Å². The normalized spacial score (nSPS) is 10.9. The number of nitrogens with zero attached hydrogens (tertiary/aromatic N) is 2. The summed E-state index contributed by atoms with van der Waals surface area (Å²) in [5.41, 5.74) is 1.43. The molecule has 0 saturated heterocycles. The molecule has 0 saturated carbocycles. The molecule has 2 amide bonds. The first-order valence-corrected chi connectivity index (χ1v) is 11.1. The summed E-state index contributed by atoms with van der Waals surface area (Å²) in [5, 5.41) is 5.63. The molecule has 180 valence electrons.